The summed E-state index contributed by atoms with van der Waals surface area (Å²) in [5.74, 6) is 0.589. The number of nitro benzene ring substituents is 1. The predicted molar refractivity (Wildman–Crippen MR) is 118 cm³/mol. The van der Waals surface area contributed by atoms with E-state index in [4.69, 9.17) is 10.2 Å². The van der Waals surface area contributed by atoms with Crippen LogP contribution in [0.4, 0.5) is 5.69 Å². The van der Waals surface area contributed by atoms with Gasteiger partial charge in [0.15, 0.2) is 0 Å². The lowest BCUT2D eigenvalue weighted by atomic mass is 10.0. The molecule has 1 aliphatic rings. The Balaban J connectivity index is 1.59. The van der Waals surface area contributed by atoms with E-state index in [0.717, 1.165) is 27.9 Å². The molecule has 0 saturated carbocycles. The molecule has 3 aromatic carbocycles. The third kappa shape index (κ3) is 3.62. The van der Waals surface area contributed by atoms with Crippen LogP contribution in [0.25, 0.3) is 33.5 Å². The minimum Gasteiger partial charge on any atom is -0.414 e. The van der Waals surface area contributed by atoms with Crippen molar-refractivity contribution in [3.8, 4) is 28.3 Å². The first-order valence-corrected chi connectivity index (χ1v) is 9.74. The molecule has 0 unspecified atom stereocenters. The zero-order chi connectivity index (χ0) is 21.2. The van der Waals surface area contributed by atoms with Crippen LogP contribution >= 0.6 is 0 Å². The number of non-ortho nitro benzene ring substituents is 1. The molecule has 0 spiro atoms. The molecule has 0 radical (unpaired) electrons. The first kappa shape index (κ1) is 18.6. The van der Waals surface area contributed by atoms with Gasteiger partial charge in [0.1, 0.15) is 0 Å². The second-order valence-corrected chi connectivity index (χ2v) is 7.04. The Labute approximate surface area is 178 Å². The number of hydrogen-bond donors (Lipinski definition) is 0. The van der Waals surface area contributed by atoms with Gasteiger partial charge in [-0.1, -0.05) is 48.5 Å². The molecule has 5 rings (SSSR count). The van der Waals surface area contributed by atoms with E-state index in [0.29, 0.717) is 11.6 Å². The van der Waals surface area contributed by atoms with Crippen LogP contribution in [-0.4, -0.2) is 4.92 Å². The van der Waals surface area contributed by atoms with E-state index in [9.17, 15) is 10.1 Å². The van der Waals surface area contributed by atoms with E-state index in [1.54, 1.807) is 23.1 Å². The molecule has 0 bridgehead atoms. The SMILES string of the molecule is O=[N+]([O-])c1ccc(C2=COc3cc(-c4ccccc4)cc(-c4ccccc4)[n+]3[N-]2)cc1. The molecule has 6 nitrogen and oxygen atoms in total. The number of rotatable bonds is 4. The summed E-state index contributed by atoms with van der Waals surface area (Å²) in [5.41, 5.74) is 10.1. The number of nitro groups is 1. The van der Waals surface area contributed by atoms with Gasteiger partial charge in [-0.15, -0.1) is 0 Å². The van der Waals surface area contributed by atoms with E-state index in [-0.39, 0.29) is 5.69 Å². The molecule has 0 saturated heterocycles. The van der Waals surface area contributed by atoms with Crippen molar-refractivity contribution >= 4 is 11.4 Å². The van der Waals surface area contributed by atoms with Crippen LogP contribution in [0.1, 0.15) is 5.56 Å². The Morgan fingerprint density at radius 3 is 2.03 bits per heavy atom. The maximum atomic E-state index is 10.9. The van der Waals surface area contributed by atoms with Crippen molar-refractivity contribution in [2.75, 3.05) is 0 Å². The Morgan fingerprint density at radius 1 is 0.742 bits per heavy atom. The minimum atomic E-state index is -0.421. The largest absolute Gasteiger partial charge is 0.414 e. The number of benzene rings is 3. The zero-order valence-corrected chi connectivity index (χ0v) is 16.4. The van der Waals surface area contributed by atoms with Crippen molar-refractivity contribution in [3.63, 3.8) is 0 Å². The number of pyridine rings is 1. The van der Waals surface area contributed by atoms with Crippen LogP contribution in [0, 0.1) is 10.1 Å². The van der Waals surface area contributed by atoms with Crippen LogP contribution in [-0.2, 0) is 0 Å². The fraction of sp³-hybridized carbons (Fsp3) is 0. The van der Waals surface area contributed by atoms with Gasteiger partial charge in [-0.2, -0.15) is 4.68 Å². The maximum absolute atomic E-state index is 10.9. The van der Waals surface area contributed by atoms with E-state index >= 15 is 0 Å². The predicted octanol–water partition coefficient (Wildman–Crippen LogP) is 5.74. The second-order valence-electron chi connectivity index (χ2n) is 7.04. The summed E-state index contributed by atoms with van der Waals surface area (Å²) in [5, 5.41) is 10.9. The van der Waals surface area contributed by atoms with Crippen LogP contribution in [0.15, 0.2) is 103 Å². The van der Waals surface area contributed by atoms with Crippen LogP contribution in [0.3, 0.4) is 0 Å². The van der Waals surface area contributed by atoms with Crippen molar-refractivity contribution in [1.82, 2.24) is 0 Å². The summed E-state index contributed by atoms with van der Waals surface area (Å²) in [4.78, 5) is 10.5. The van der Waals surface area contributed by atoms with E-state index < -0.39 is 4.92 Å². The van der Waals surface area contributed by atoms with Crippen molar-refractivity contribution in [1.29, 1.82) is 0 Å². The zero-order valence-electron chi connectivity index (χ0n) is 16.4. The molecule has 1 aromatic heterocycles. The topological polar surface area (TPSA) is 70.4 Å². The monoisotopic (exact) mass is 407 g/mol. The lowest BCUT2D eigenvalue weighted by Gasteiger charge is -2.26. The average Bonchev–Trinajstić information content (AvgIpc) is 2.84. The van der Waals surface area contributed by atoms with Gasteiger partial charge in [0.2, 0.25) is 5.69 Å². The molecule has 2 heterocycles. The number of fused-ring (bicyclic) bond motifs is 1. The van der Waals surface area contributed by atoms with Gasteiger partial charge >= 0.3 is 5.88 Å². The van der Waals surface area contributed by atoms with Gasteiger partial charge in [0.25, 0.3) is 5.69 Å². The van der Waals surface area contributed by atoms with E-state index in [1.165, 1.54) is 12.1 Å². The Bertz CT molecular complexity index is 1290. The molecule has 150 valence electrons. The molecule has 0 atom stereocenters. The van der Waals surface area contributed by atoms with Gasteiger partial charge in [0.05, 0.1) is 17.3 Å². The summed E-state index contributed by atoms with van der Waals surface area (Å²) in [6.07, 6.45) is 1.57. The average molecular weight is 407 g/mol. The first-order valence-electron chi connectivity index (χ1n) is 9.74. The van der Waals surface area contributed by atoms with Crippen molar-refractivity contribution in [2.24, 2.45) is 0 Å². The second kappa shape index (κ2) is 7.76. The van der Waals surface area contributed by atoms with Crippen molar-refractivity contribution in [3.05, 3.63) is 124 Å². The Morgan fingerprint density at radius 2 is 1.39 bits per heavy atom. The molecular weight excluding hydrogens is 390 g/mol. The third-order valence-electron chi connectivity index (χ3n) is 5.06. The van der Waals surface area contributed by atoms with Crippen LogP contribution in [0.2, 0.25) is 0 Å². The number of hydrogen-bond acceptors (Lipinski definition) is 3. The van der Waals surface area contributed by atoms with E-state index in [1.807, 2.05) is 54.6 Å². The van der Waals surface area contributed by atoms with Crippen molar-refractivity contribution < 1.29 is 14.3 Å². The highest BCUT2D eigenvalue weighted by atomic mass is 16.6. The summed E-state index contributed by atoms with van der Waals surface area (Å²) in [6, 6.07) is 30.4. The molecule has 1 aliphatic heterocycles. The normalized spacial score (nSPS) is 12.2. The highest BCUT2D eigenvalue weighted by Gasteiger charge is 2.21. The fourth-order valence-corrected chi connectivity index (χ4v) is 3.49. The fourth-order valence-electron chi connectivity index (χ4n) is 3.49. The molecule has 0 amide bonds. The maximum Gasteiger partial charge on any atom is 0.369 e. The van der Waals surface area contributed by atoms with Crippen molar-refractivity contribution in [2.45, 2.75) is 0 Å². The molecule has 4 aromatic rings. The molecule has 0 N–H and O–H groups in total. The molecule has 0 fully saturated rings. The Hall–Kier alpha value is -4.45. The molecule has 0 aliphatic carbocycles. The summed E-state index contributed by atoms with van der Waals surface area (Å²) in [6.45, 7) is 0. The molecular formula is C25H17N3O3. The van der Waals surface area contributed by atoms with Gasteiger partial charge in [-0.05, 0) is 46.7 Å². The standard InChI is InChI=1S/C25H17N3O3/c29-28(30)22-13-11-19(12-14-22)23-17-31-25-16-21(18-7-3-1-4-8-18)15-24(27(25)26-23)20-9-5-2-6-10-20/h1-17H. The van der Waals surface area contributed by atoms with Crippen LogP contribution in [0.5, 0.6) is 5.88 Å². The van der Waals surface area contributed by atoms with Crippen LogP contribution < -0.4 is 9.41 Å². The Kier molecular flexibility index (Phi) is 4.65. The van der Waals surface area contributed by atoms with Gasteiger partial charge in [-0.25, -0.2) is 0 Å². The van der Waals surface area contributed by atoms with Gasteiger partial charge in [-0.3, -0.25) is 10.1 Å². The minimum absolute atomic E-state index is 0.0339. The third-order valence-corrected chi connectivity index (χ3v) is 5.06. The molecule has 6 heteroatoms. The highest BCUT2D eigenvalue weighted by molar-refractivity contribution is 5.74. The quantitative estimate of drug-likeness (QED) is 0.246. The highest BCUT2D eigenvalue weighted by Crippen LogP contribution is 2.33. The van der Waals surface area contributed by atoms with Gasteiger partial charge < -0.3 is 10.2 Å². The number of aromatic nitrogens is 1. The summed E-state index contributed by atoms with van der Waals surface area (Å²) in [7, 11) is 0. The summed E-state index contributed by atoms with van der Waals surface area (Å²) < 4.78 is 7.73. The summed E-state index contributed by atoms with van der Waals surface area (Å²) >= 11 is 0. The van der Waals surface area contributed by atoms with Gasteiger partial charge in [0, 0.05) is 23.8 Å². The lowest BCUT2D eigenvalue weighted by molar-refractivity contribution is -0.615. The van der Waals surface area contributed by atoms with E-state index in [2.05, 4.69) is 18.2 Å². The number of nitrogens with zero attached hydrogens (tertiary/aromatic N) is 3. The first-order chi connectivity index (χ1) is 15.2. The smallest absolute Gasteiger partial charge is 0.369 e. The molecule has 31 heavy (non-hydrogen) atoms. The number of ether oxygens (including phenoxy) is 1. The lowest BCUT2D eigenvalue weighted by Crippen LogP contribution is -2.36.